The van der Waals surface area contributed by atoms with Gasteiger partial charge < -0.3 is 24.3 Å². The Kier molecular flexibility index (Phi) is 10.2. The molecule has 1 amide bonds. The quantitative estimate of drug-likeness (QED) is 0.184. The molecule has 5 rings (SSSR count). The second kappa shape index (κ2) is 13.3. The number of carbonyl (C=O) groups excluding carboxylic acids is 5. The molecular weight excluding hydrogens is 638 g/mol. The number of esters is 4. The molecule has 0 aliphatic heterocycles. The molecule has 13 atom stereocenters. The van der Waals surface area contributed by atoms with E-state index in [9.17, 15) is 24.0 Å². The molecule has 0 aromatic heterocycles. The Morgan fingerprint density at radius 3 is 2.14 bits per heavy atom. The second-order valence-electron chi connectivity index (χ2n) is 17.7. The molecule has 5 aliphatic rings. The number of amides is 1. The van der Waals surface area contributed by atoms with Crippen LogP contribution in [0.1, 0.15) is 121 Å². The zero-order valence-corrected chi connectivity index (χ0v) is 32.2. The smallest absolute Gasteiger partial charge is 0.328 e. The van der Waals surface area contributed by atoms with E-state index in [-0.39, 0.29) is 52.4 Å². The molecule has 4 saturated carbocycles. The first-order chi connectivity index (χ1) is 23.2. The van der Waals surface area contributed by atoms with Gasteiger partial charge in [0.1, 0.15) is 24.9 Å². The number of hydrogen-bond acceptors (Lipinski definition) is 9. The first-order valence-electron chi connectivity index (χ1n) is 18.8. The summed E-state index contributed by atoms with van der Waals surface area (Å²) in [5.41, 5.74) is -0.709. The van der Waals surface area contributed by atoms with Crippen LogP contribution in [0.15, 0.2) is 11.6 Å². The number of fused-ring (bicyclic) bond motifs is 7. The van der Waals surface area contributed by atoms with Gasteiger partial charge in [-0.15, -0.1) is 0 Å². The average molecular weight is 700 g/mol. The van der Waals surface area contributed by atoms with Crippen molar-refractivity contribution in [3.05, 3.63) is 11.6 Å². The summed E-state index contributed by atoms with van der Waals surface area (Å²) in [6, 6.07) is -0.725. The minimum atomic E-state index is -0.792. The van der Waals surface area contributed by atoms with E-state index in [1.807, 2.05) is 6.92 Å². The Balaban J connectivity index is 1.60. The predicted octanol–water partition coefficient (Wildman–Crippen LogP) is 6.34. The van der Waals surface area contributed by atoms with Crippen molar-refractivity contribution in [2.45, 2.75) is 139 Å². The number of methoxy groups -OCH3 is 1. The van der Waals surface area contributed by atoms with Crippen molar-refractivity contribution in [3.8, 4) is 0 Å². The number of nitrogens with one attached hydrogen (secondary N) is 1. The fourth-order valence-electron chi connectivity index (χ4n) is 12.5. The summed E-state index contributed by atoms with van der Waals surface area (Å²) in [5.74, 6) is -0.827. The summed E-state index contributed by atoms with van der Waals surface area (Å²) in [4.78, 5) is 64.0. The Hall–Kier alpha value is -2.91. The van der Waals surface area contributed by atoms with Crippen molar-refractivity contribution >= 4 is 29.8 Å². The van der Waals surface area contributed by atoms with E-state index >= 15 is 0 Å². The van der Waals surface area contributed by atoms with Crippen LogP contribution < -0.4 is 5.32 Å². The van der Waals surface area contributed by atoms with Crippen molar-refractivity contribution in [2.75, 3.05) is 13.7 Å². The molecule has 280 valence electrons. The van der Waals surface area contributed by atoms with Gasteiger partial charge in [-0.3, -0.25) is 19.2 Å². The van der Waals surface area contributed by atoms with Crippen LogP contribution in [0.2, 0.25) is 0 Å². The summed E-state index contributed by atoms with van der Waals surface area (Å²) in [6.45, 7) is 19.7. The van der Waals surface area contributed by atoms with E-state index in [4.69, 9.17) is 18.9 Å². The highest BCUT2D eigenvalue weighted by molar-refractivity contribution is 5.88. The third-order valence-electron chi connectivity index (χ3n) is 15.2. The summed E-state index contributed by atoms with van der Waals surface area (Å²) >= 11 is 0. The van der Waals surface area contributed by atoms with E-state index in [0.717, 1.165) is 44.9 Å². The topological polar surface area (TPSA) is 134 Å². The number of allylic oxidation sites excluding steroid dienone is 2. The Bertz CT molecular complexity index is 1440. The minimum Gasteiger partial charge on any atom is -0.467 e. The Morgan fingerprint density at radius 1 is 0.880 bits per heavy atom. The van der Waals surface area contributed by atoms with Crippen LogP contribution in [0, 0.1) is 56.7 Å². The van der Waals surface area contributed by atoms with Crippen LogP contribution in [0.25, 0.3) is 0 Å². The first kappa shape index (κ1) is 38.3. The van der Waals surface area contributed by atoms with Crippen LogP contribution in [0.5, 0.6) is 0 Å². The molecule has 0 radical (unpaired) electrons. The van der Waals surface area contributed by atoms with Gasteiger partial charge in [0.15, 0.2) is 0 Å². The van der Waals surface area contributed by atoms with Gasteiger partial charge in [-0.25, -0.2) is 4.79 Å². The third-order valence-corrected chi connectivity index (χ3v) is 15.2. The SMILES string of the molecule is COC(=O)[C@H](C)NC(=O)[C@]12CC[C@@H](C)[C@H](C)[C@H]1C1=CC[C@@H]3[C@@]4(C)C[C@@H](OC(C)=O)[C@H](OC(C)=O)[C@@](C)(COC(C)=O)[C@@H]4CC[C@@]3(C)[C@]1(C)CC2. The van der Waals surface area contributed by atoms with E-state index in [1.165, 1.54) is 33.5 Å². The van der Waals surface area contributed by atoms with Crippen molar-refractivity contribution in [1.82, 2.24) is 5.32 Å². The van der Waals surface area contributed by atoms with Crippen LogP contribution in [-0.4, -0.2) is 61.8 Å². The highest BCUT2D eigenvalue weighted by Gasteiger charge is 2.72. The van der Waals surface area contributed by atoms with Crippen LogP contribution >= 0.6 is 0 Å². The Labute approximate surface area is 298 Å². The molecule has 0 bridgehead atoms. The summed E-state index contributed by atoms with van der Waals surface area (Å²) in [5, 5.41) is 3.06. The summed E-state index contributed by atoms with van der Waals surface area (Å²) in [6.07, 6.45) is 7.39. The summed E-state index contributed by atoms with van der Waals surface area (Å²) < 4.78 is 22.7. The number of ether oxygens (including phenoxy) is 4. The third kappa shape index (κ3) is 5.79. The maximum Gasteiger partial charge on any atom is 0.328 e. The molecule has 50 heavy (non-hydrogen) atoms. The highest BCUT2D eigenvalue weighted by atomic mass is 16.6. The first-order valence-corrected chi connectivity index (χ1v) is 18.8. The molecule has 5 aliphatic carbocycles. The number of carbonyl (C=O) groups is 5. The lowest BCUT2D eigenvalue weighted by atomic mass is 9.33. The normalized spacial score (nSPS) is 44.0. The van der Waals surface area contributed by atoms with Gasteiger partial charge in [0.25, 0.3) is 0 Å². The highest BCUT2D eigenvalue weighted by Crippen LogP contribution is 2.76. The van der Waals surface area contributed by atoms with Gasteiger partial charge in [-0.1, -0.05) is 53.2 Å². The molecule has 0 aromatic rings. The maximum absolute atomic E-state index is 14.4. The lowest BCUT2D eigenvalue weighted by Crippen LogP contribution is -2.69. The van der Waals surface area contributed by atoms with Gasteiger partial charge in [0.05, 0.1) is 12.5 Å². The minimum absolute atomic E-state index is 0.0176. The lowest BCUT2D eigenvalue weighted by Gasteiger charge is -2.72. The van der Waals surface area contributed by atoms with Crippen molar-refractivity contribution < 1.29 is 42.9 Å². The monoisotopic (exact) mass is 699 g/mol. The van der Waals surface area contributed by atoms with Gasteiger partial charge >= 0.3 is 23.9 Å². The zero-order valence-electron chi connectivity index (χ0n) is 32.2. The zero-order chi connectivity index (χ0) is 37.2. The largest absolute Gasteiger partial charge is 0.467 e. The van der Waals surface area contributed by atoms with Crippen LogP contribution in [0.4, 0.5) is 0 Å². The lowest BCUT2D eigenvalue weighted by molar-refractivity contribution is -0.255. The van der Waals surface area contributed by atoms with Crippen LogP contribution in [-0.2, 0) is 42.9 Å². The average Bonchev–Trinajstić information content (AvgIpc) is 3.03. The van der Waals surface area contributed by atoms with Gasteiger partial charge in [0.2, 0.25) is 5.91 Å². The predicted molar refractivity (Wildman–Crippen MR) is 186 cm³/mol. The summed E-state index contributed by atoms with van der Waals surface area (Å²) in [7, 11) is 1.35. The van der Waals surface area contributed by atoms with Crippen molar-refractivity contribution in [3.63, 3.8) is 0 Å². The van der Waals surface area contributed by atoms with Gasteiger partial charge in [-0.2, -0.15) is 0 Å². The van der Waals surface area contributed by atoms with Crippen LogP contribution in [0.3, 0.4) is 0 Å². The van der Waals surface area contributed by atoms with E-state index in [0.29, 0.717) is 12.3 Å². The fraction of sp³-hybridized carbons (Fsp3) is 0.825. The number of rotatable bonds is 7. The van der Waals surface area contributed by atoms with Gasteiger partial charge in [0, 0.05) is 26.2 Å². The van der Waals surface area contributed by atoms with E-state index < -0.39 is 53.0 Å². The molecule has 0 saturated heterocycles. The molecule has 0 spiro atoms. The molecule has 4 fully saturated rings. The van der Waals surface area contributed by atoms with Crippen molar-refractivity contribution in [2.24, 2.45) is 56.7 Å². The fourth-order valence-corrected chi connectivity index (χ4v) is 12.5. The molecule has 10 nitrogen and oxygen atoms in total. The van der Waals surface area contributed by atoms with Crippen molar-refractivity contribution in [1.29, 1.82) is 0 Å². The molecule has 0 heterocycles. The molecule has 1 N–H and O–H groups in total. The number of hydrogen-bond donors (Lipinski definition) is 1. The van der Waals surface area contributed by atoms with E-state index in [2.05, 4.69) is 46.0 Å². The van der Waals surface area contributed by atoms with Gasteiger partial charge in [-0.05, 0) is 104 Å². The van der Waals surface area contributed by atoms with E-state index in [1.54, 1.807) is 6.92 Å². The molecule has 10 heteroatoms. The molecule has 0 unspecified atom stereocenters. The standard InChI is InChI=1S/C40H61NO9/c1-22-14-17-40(35(46)41-24(3)34(45)47-11)19-18-38(9)28(32(40)23(22)2)12-13-31-36(7)20-29(49-26(5)43)33(50-27(6)44)37(8,21-48-25(4)42)30(36)15-16-39(31,38)10/h12,22-24,29-33H,13-21H2,1-11H3,(H,41,46)/t22-,23+,24+,29-,30-,31-,32+,33+,36+,37+,38-,39-,40+/m1/s1. The maximum atomic E-state index is 14.4. The Morgan fingerprint density at radius 2 is 1.54 bits per heavy atom. The molecular formula is C40H61NO9. The second-order valence-corrected chi connectivity index (χ2v) is 17.7. The molecule has 0 aromatic carbocycles.